The van der Waals surface area contributed by atoms with Crippen LogP contribution in [0.15, 0.2) is 139 Å². The Morgan fingerprint density at radius 1 is 0.250 bits per heavy atom. The van der Waals surface area contributed by atoms with Gasteiger partial charge in [-0.3, -0.25) is 0 Å². The number of ether oxygens (including phenoxy) is 8. The molecular formula is C64H52Br4O8. The van der Waals surface area contributed by atoms with Crippen molar-refractivity contribution in [1.82, 2.24) is 0 Å². The quantitative estimate of drug-likeness (QED) is 0.149. The average Bonchev–Trinajstić information content (AvgIpc) is 3.51. The zero-order valence-corrected chi connectivity index (χ0v) is 48.6. The molecule has 8 aromatic rings. The third-order valence-electron chi connectivity index (χ3n) is 16.1. The standard InChI is InChI=1S/C64H52Br4O8/c1-33-45-21-47-34(2)49-23-51-36(4)52-24-50-35(3)48-22-46(33)58-54(66)60(48)72-28-40-16-8-10-18-42(40)30-74-62(50)56(68)64(52)76-32-44-20-12-11-19-43(44)31-75-63(51)55(67)61(49)73-29-41-17-9-7-15-39(41)27-71-59(47)53(65)57(45)69-25-37-13-5-6-14-38(37)26-70-58/h5-24,33-36H,25-32H2,1-4H3. The second-order valence-electron chi connectivity index (χ2n) is 20.4. The van der Waals surface area contributed by atoms with Gasteiger partial charge in [0.1, 0.15) is 117 Å². The molecule has 5 aliphatic rings. The summed E-state index contributed by atoms with van der Waals surface area (Å²) >= 11 is 16.8. The van der Waals surface area contributed by atoms with Crippen LogP contribution in [0.5, 0.6) is 46.0 Å². The molecule has 76 heavy (non-hydrogen) atoms. The maximum Gasteiger partial charge on any atom is 0.141 e. The second-order valence-corrected chi connectivity index (χ2v) is 23.6. The van der Waals surface area contributed by atoms with Crippen LogP contribution in [0.2, 0.25) is 0 Å². The molecule has 0 fully saturated rings. The molecule has 8 nitrogen and oxygen atoms in total. The van der Waals surface area contributed by atoms with Crippen LogP contribution in [-0.4, -0.2) is 0 Å². The van der Waals surface area contributed by atoms with Crippen molar-refractivity contribution in [3.05, 3.63) is 228 Å². The lowest BCUT2D eigenvalue weighted by Gasteiger charge is -2.30. The van der Waals surface area contributed by atoms with Crippen molar-refractivity contribution >= 4 is 63.7 Å². The van der Waals surface area contributed by atoms with Crippen LogP contribution in [0, 0.1) is 0 Å². The van der Waals surface area contributed by atoms with Gasteiger partial charge in [0.25, 0.3) is 0 Å². The Morgan fingerprint density at radius 3 is 0.513 bits per heavy atom. The molecule has 8 bridgehead atoms. The Labute approximate surface area is 476 Å². The second kappa shape index (κ2) is 20.1. The molecular weight excluding hydrogens is 1220 g/mol. The van der Waals surface area contributed by atoms with Gasteiger partial charge in [-0.1, -0.05) is 125 Å². The van der Waals surface area contributed by atoms with Gasteiger partial charge in [-0.15, -0.1) is 0 Å². The highest BCUT2D eigenvalue weighted by atomic mass is 79.9. The molecule has 0 saturated carbocycles. The lowest BCUT2D eigenvalue weighted by atomic mass is 9.80. The van der Waals surface area contributed by atoms with E-state index >= 15 is 0 Å². The number of halogens is 4. The highest BCUT2D eigenvalue weighted by Crippen LogP contribution is 2.58. The summed E-state index contributed by atoms with van der Waals surface area (Å²) in [6.07, 6.45) is 0. The molecule has 0 saturated heterocycles. The maximum absolute atomic E-state index is 7.16. The van der Waals surface area contributed by atoms with E-state index in [1.165, 1.54) is 0 Å². The van der Waals surface area contributed by atoms with Gasteiger partial charge in [-0.25, -0.2) is 0 Å². The van der Waals surface area contributed by atoms with Crippen molar-refractivity contribution in [1.29, 1.82) is 0 Å². The molecule has 0 N–H and O–H groups in total. The first-order valence-corrected chi connectivity index (χ1v) is 28.9. The van der Waals surface area contributed by atoms with E-state index < -0.39 is 0 Å². The molecule has 4 heterocycles. The third-order valence-corrected chi connectivity index (χ3v) is 19.0. The highest BCUT2D eigenvalue weighted by Gasteiger charge is 2.37. The predicted octanol–water partition coefficient (Wildman–Crippen LogP) is 17.5. The summed E-state index contributed by atoms with van der Waals surface area (Å²) in [6, 6.07) is 42.4. The van der Waals surface area contributed by atoms with Gasteiger partial charge in [-0.2, -0.15) is 0 Å². The van der Waals surface area contributed by atoms with Crippen LogP contribution in [0.25, 0.3) is 0 Å². The summed E-state index contributed by atoms with van der Waals surface area (Å²) in [4.78, 5) is 0. The zero-order valence-electron chi connectivity index (χ0n) is 42.3. The molecule has 0 spiro atoms. The van der Waals surface area contributed by atoms with Gasteiger partial charge in [0.15, 0.2) is 0 Å². The molecule has 13 rings (SSSR count). The van der Waals surface area contributed by atoms with Crippen molar-refractivity contribution in [3.8, 4) is 46.0 Å². The number of fused-ring (bicyclic) bond motifs is 4. The zero-order chi connectivity index (χ0) is 51.9. The molecule has 12 heteroatoms. The number of rotatable bonds is 0. The Bertz CT molecular complexity index is 2980. The van der Waals surface area contributed by atoms with E-state index in [0.717, 1.165) is 107 Å². The van der Waals surface area contributed by atoms with Crippen LogP contribution in [0.1, 0.15) is 140 Å². The summed E-state index contributed by atoms with van der Waals surface area (Å²) in [7, 11) is 0. The topological polar surface area (TPSA) is 73.8 Å². The van der Waals surface area contributed by atoms with E-state index in [-0.39, 0.29) is 23.7 Å². The average molecular weight is 1270 g/mol. The summed E-state index contributed by atoms with van der Waals surface area (Å²) < 4.78 is 60.2. The molecule has 0 atom stereocenters. The maximum atomic E-state index is 7.16. The molecule has 0 amide bonds. The van der Waals surface area contributed by atoms with Gasteiger partial charge in [0.2, 0.25) is 0 Å². The summed E-state index contributed by atoms with van der Waals surface area (Å²) in [5.41, 5.74) is 15.8. The van der Waals surface area contributed by atoms with Crippen molar-refractivity contribution in [3.63, 3.8) is 0 Å². The first-order chi connectivity index (χ1) is 37.0. The SMILES string of the molecule is CC1c2cc3c4c(Br)c2OCc2ccccc2COc2c1cc1c(c2Br)OCc2ccccc2COc2c(cc5c(c2Br)OCc2ccccc2COc2c(cc(c(c2Br)OCc2ccccc2CO4)C3C)C5C)C1C. The molecule has 384 valence electrons. The fraction of sp³-hybridized carbons (Fsp3) is 0.250. The number of benzene rings is 8. The summed E-state index contributed by atoms with van der Waals surface area (Å²) in [6.45, 7) is 11.4. The minimum absolute atomic E-state index is 0.301. The normalized spacial score (nSPS) is 18.9. The van der Waals surface area contributed by atoms with E-state index in [1.54, 1.807) is 0 Å². The fourth-order valence-corrected chi connectivity index (χ4v) is 14.3. The Hall–Kier alpha value is -5.92. The summed E-state index contributed by atoms with van der Waals surface area (Å²) in [5.74, 6) is 4.36. The van der Waals surface area contributed by atoms with Crippen LogP contribution in [-0.2, 0) is 52.9 Å². The van der Waals surface area contributed by atoms with Crippen molar-refractivity contribution in [2.24, 2.45) is 0 Å². The van der Waals surface area contributed by atoms with E-state index in [0.29, 0.717) is 98.9 Å². The van der Waals surface area contributed by atoms with E-state index in [9.17, 15) is 0 Å². The first kappa shape index (κ1) is 49.6. The molecule has 0 radical (unpaired) electrons. The third kappa shape index (κ3) is 8.48. The van der Waals surface area contributed by atoms with Crippen molar-refractivity contribution in [2.75, 3.05) is 0 Å². The van der Waals surface area contributed by atoms with E-state index in [1.807, 2.05) is 48.5 Å². The largest absolute Gasteiger partial charge is 0.487 e. The number of hydrogen-bond acceptors (Lipinski definition) is 8. The first-order valence-electron chi connectivity index (χ1n) is 25.8. The van der Waals surface area contributed by atoms with Gasteiger partial charge in [-0.05, 0) is 132 Å². The van der Waals surface area contributed by atoms with Crippen molar-refractivity contribution < 1.29 is 37.9 Å². The number of hydrogen-bond donors (Lipinski definition) is 0. The molecule has 1 aliphatic carbocycles. The Kier molecular flexibility index (Phi) is 13.2. The van der Waals surface area contributed by atoms with Gasteiger partial charge in [0, 0.05) is 68.2 Å². The van der Waals surface area contributed by atoms with Crippen LogP contribution in [0.3, 0.4) is 0 Å². The highest BCUT2D eigenvalue weighted by molar-refractivity contribution is 9.11. The monoisotopic (exact) mass is 1260 g/mol. The minimum atomic E-state index is -0.301. The molecule has 0 aromatic heterocycles. The molecule has 8 aromatic carbocycles. The predicted molar refractivity (Wildman–Crippen MR) is 307 cm³/mol. The van der Waals surface area contributed by atoms with Gasteiger partial charge < -0.3 is 37.9 Å². The molecule has 4 aliphatic heterocycles. The fourth-order valence-electron chi connectivity index (χ4n) is 11.6. The lowest BCUT2D eigenvalue weighted by Crippen LogP contribution is -2.13. The van der Waals surface area contributed by atoms with Gasteiger partial charge >= 0.3 is 0 Å². The molecule has 0 unspecified atom stereocenters. The van der Waals surface area contributed by atoms with E-state index in [4.69, 9.17) is 37.9 Å². The van der Waals surface area contributed by atoms with Gasteiger partial charge in [0.05, 0.1) is 0 Å². The van der Waals surface area contributed by atoms with Crippen LogP contribution < -0.4 is 37.9 Å². The van der Waals surface area contributed by atoms with Crippen LogP contribution in [0.4, 0.5) is 0 Å². The summed E-state index contributed by atoms with van der Waals surface area (Å²) in [5, 5.41) is 0. The Morgan fingerprint density at radius 2 is 0.382 bits per heavy atom. The minimum Gasteiger partial charge on any atom is -0.487 e. The van der Waals surface area contributed by atoms with E-state index in [2.05, 4.69) is 164 Å². The smallest absolute Gasteiger partial charge is 0.141 e. The lowest BCUT2D eigenvalue weighted by molar-refractivity contribution is 0.267. The van der Waals surface area contributed by atoms with Crippen molar-refractivity contribution in [2.45, 2.75) is 104 Å². The Balaban J connectivity index is 1.18. The van der Waals surface area contributed by atoms with Crippen LogP contribution >= 0.6 is 63.7 Å².